The molecule has 2 aromatic rings. The van der Waals surface area contributed by atoms with Crippen molar-refractivity contribution in [3.8, 4) is 0 Å². The van der Waals surface area contributed by atoms with Gasteiger partial charge in [0.2, 0.25) is 0 Å². The van der Waals surface area contributed by atoms with Crippen molar-refractivity contribution in [2.75, 3.05) is 0 Å². The van der Waals surface area contributed by atoms with Gasteiger partial charge in [0.1, 0.15) is 5.82 Å². The van der Waals surface area contributed by atoms with Gasteiger partial charge in [0, 0.05) is 0 Å². The van der Waals surface area contributed by atoms with Gasteiger partial charge in [0.25, 0.3) is 0 Å². The molecule has 0 saturated carbocycles. The molecule has 0 nitrogen and oxygen atoms in total. The number of halogens is 1. The summed E-state index contributed by atoms with van der Waals surface area (Å²) in [5.74, 6) is 1.62. The van der Waals surface area contributed by atoms with Gasteiger partial charge in [-0.1, -0.05) is 98.0 Å². The molecule has 0 aromatic heterocycles. The normalized spacial score (nSPS) is 28.0. The first kappa shape index (κ1) is 19.6. The number of hydrogen-bond donors (Lipinski definition) is 0. The van der Waals surface area contributed by atoms with Crippen molar-refractivity contribution < 1.29 is 4.39 Å². The number of rotatable bonds is 5. The molecule has 2 aromatic carbocycles. The van der Waals surface area contributed by atoms with Crippen LogP contribution in [0, 0.1) is 17.7 Å². The van der Waals surface area contributed by atoms with E-state index >= 15 is 0 Å². The smallest absolute Gasteiger partial charge is 0.123 e. The third-order valence-electron chi connectivity index (χ3n) is 7.44. The maximum atomic E-state index is 13.2. The Hall–Kier alpha value is -1.67. The third-order valence-corrected chi connectivity index (χ3v) is 12.9. The largest absolute Gasteiger partial charge is 0.207 e. The van der Waals surface area contributed by atoms with Crippen molar-refractivity contribution in [1.82, 2.24) is 0 Å². The van der Waals surface area contributed by atoms with Gasteiger partial charge < -0.3 is 0 Å². The fourth-order valence-corrected chi connectivity index (χ4v) is 11.1. The molecule has 148 valence electrons. The first-order valence-corrected chi connectivity index (χ1v) is 13.8. The van der Waals surface area contributed by atoms with Gasteiger partial charge in [-0.3, -0.25) is 0 Å². The average Bonchev–Trinajstić information content (AvgIpc) is 2.76. The van der Waals surface area contributed by atoms with Crippen LogP contribution in [0.2, 0.25) is 18.1 Å². The van der Waals surface area contributed by atoms with Crippen molar-refractivity contribution in [3.63, 3.8) is 0 Å². The average molecular weight is 393 g/mol. The minimum absolute atomic E-state index is 0.140. The second kappa shape index (κ2) is 8.78. The van der Waals surface area contributed by atoms with Gasteiger partial charge in [-0.2, -0.15) is 0 Å². The van der Waals surface area contributed by atoms with Crippen LogP contribution in [0.1, 0.15) is 51.0 Å². The van der Waals surface area contributed by atoms with E-state index in [1.807, 2.05) is 12.1 Å². The van der Waals surface area contributed by atoms with E-state index in [2.05, 4.69) is 43.3 Å². The van der Waals surface area contributed by atoms with Crippen molar-refractivity contribution in [3.05, 3.63) is 72.1 Å². The van der Waals surface area contributed by atoms with E-state index in [-0.39, 0.29) is 5.82 Å². The molecule has 1 fully saturated rings. The zero-order valence-electron chi connectivity index (χ0n) is 17.2. The molecular weight excluding hydrogens is 359 g/mol. The highest BCUT2D eigenvalue weighted by Gasteiger charge is 2.40. The van der Waals surface area contributed by atoms with Gasteiger partial charge in [-0.25, -0.2) is 4.39 Å². The Kier molecular flexibility index (Phi) is 6.15. The van der Waals surface area contributed by atoms with E-state index in [0.717, 1.165) is 18.3 Å². The van der Waals surface area contributed by atoms with Crippen LogP contribution in [0.5, 0.6) is 0 Å². The van der Waals surface area contributed by atoms with E-state index in [9.17, 15) is 4.39 Å². The fourth-order valence-electron chi connectivity index (χ4n) is 5.83. The quantitative estimate of drug-likeness (QED) is 0.473. The highest BCUT2D eigenvalue weighted by atomic mass is 28.3. The summed E-state index contributed by atoms with van der Waals surface area (Å²) >= 11 is 0. The predicted molar refractivity (Wildman–Crippen MR) is 121 cm³/mol. The van der Waals surface area contributed by atoms with Gasteiger partial charge >= 0.3 is 0 Å². The zero-order valence-corrected chi connectivity index (χ0v) is 18.2. The summed E-state index contributed by atoms with van der Waals surface area (Å²) in [6, 6.07) is 23.0. The van der Waals surface area contributed by atoms with Crippen LogP contribution in [0.4, 0.5) is 4.39 Å². The molecule has 28 heavy (non-hydrogen) atoms. The standard InChI is InChI=1S/C26H33FSi/c1-2-18-28(26-6-4-3-5-7-26)19-16-24(17-20-28)22-10-8-21(9-11-22)23-12-14-25(27)15-13-23/h3-8,12-15,22,24H,2,9-11,16-20H2,1H3. The molecule has 2 heteroatoms. The topological polar surface area (TPSA) is 0 Å². The van der Waals surface area contributed by atoms with Crippen molar-refractivity contribution >= 4 is 18.8 Å². The van der Waals surface area contributed by atoms with Crippen LogP contribution >= 0.6 is 0 Å². The molecule has 1 saturated heterocycles. The van der Waals surface area contributed by atoms with Crippen molar-refractivity contribution in [1.29, 1.82) is 0 Å². The molecule has 0 bridgehead atoms. The SMILES string of the molecule is CCC[Si]1(c2ccccc2)CCC(C2CC=C(c3ccc(F)cc3)CC2)CC1. The van der Waals surface area contributed by atoms with Crippen LogP contribution in [-0.4, -0.2) is 8.07 Å². The number of allylic oxidation sites excluding steroid dienone is 2. The molecule has 0 spiro atoms. The fraction of sp³-hybridized carbons (Fsp3) is 0.462. The maximum Gasteiger partial charge on any atom is 0.123 e. The van der Waals surface area contributed by atoms with Crippen LogP contribution in [0.3, 0.4) is 0 Å². The maximum absolute atomic E-state index is 13.2. The summed E-state index contributed by atoms with van der Waals surface area (Å²) in [6.07, 6.45) is 10.3. The first-order valence-electron chi connectivity index (χ1n) is 11.2. The Bertz CT molecular complexity index is 785. The Morgan fingerprint density at radius 2 is 1.61 bits per heavy atom. The van der Waals surface area contributed by atoms with Crippen LogP contribution in [-0.2, 0) is 0 Å². The van der Waals surface area contributed by atoms with E-state index in [0.29, 0.717) is 0 Å². The molecular formula is C26H33FSi. The molecule has 4 rings (SSSR count). The summed E-state index contributed by atoms with van der Waals surface area (Å²) in [5, 5.41) is 1.71. The van der Waals surface area contributed by atoms with Gasteiger partial charge in [-0.05, 0) is 54.4 Å². The second-order valence-corrected chi connectivity index (χ2v) is 13.6. The molecule has 1 heterocycles. The molecule has 1 aliphatic heterocycles. The predicted octanol–water partition coefficient (Wildman–Crippen LogP) is 7.19. The summed E-state index contributed by atoms with van der Waals surface area (Å²) in [7, 11) is -1.29. The molecule has 0 radical (unpaired) electrons. The molecule has 1 unspecified atom stereocenters. The summed E-state index contributed by atoms with van der Waals surface area (Å²) in [4.78, 5) is 0. The van der Waals surface area contributed by atoms with Crippen LogP contribution in [0.25, 0.3) is 5.57 Å². The summed E-state index contributed by atoms with van der Waals surface area (Å²) in [6.45, 7) is 2.37. The minimum Gasteiger partial charge on any atom is -0.207 e. The molecule has 2 aliphatic rings. The van der Waals surface area contributed by atoms with Gasteiger partial charge in [0.05, 0.1) is 8.07 Å². The highest BCUT2D eigenvalue weighted by molar-refractivity contribution is 6.92. The highest BCUT2D eigenvalue weighted by Crippen LogP contribution is 2.43. The Labute approximate surface area is 170 Å². The lowest BCUT2D eigenvalue weighted by molar-refractivity contribution is 0.284. The number of benzene rings is 2. The molecule has 0 amide bonds. The van der Waals surface area contributed by atoms with Crippen molar-refractivity contribution in [2.24, 2.45) is 11.8 Å². The minimum atomic E-state index is -1.29. The van der Waals surface area contributed by atoms with E-state index < -0.39 is 8.07 Å². The Morgan fingerprint density at radius 1 is 0.893 bits per heavy atom. The first-order chi connectivity index (χ1) is 13.7. The molecule has 1 aliphatic carbocycles. The second-order valence-electron chi connectivity index (χ2n) is 9.00. The third kappa shape index (κ3) is 4.17. The van der Waals surface area contributed by atoms with E-state index in [4.69, 9.17) is 0 Å². The van der Waals surface area contributed by atoms with E-state index in [1.165, 1.54) is 61.4 Å². The lowest BCUT2D eigenvalue weighted by Crippen LogP contribution is -2.50. The van der Waals surface area contributed by atoms with Crippen LogP contribution in [0.15, 0.2) is 60.7 Å². The lowest BCUT2D eigenvalue weighted by atomic mass is 9.77. The molecule has 0 N–H and O–H groups in total. The summed E-state index contributed by atoms with van der Waals surface area (Å²) < 4.78 is 13.2. The summed E-state index contributed by atoms with van der Waals surface area (Å²) in [5.41, 5.74) is 2.63. The molecule has 1 atom stereocenters. The Morgan fingerprint density at radius 3 is 2.21 bits per heavy atom. The number of hydrogen-bond acceptors (Lipinski definition) is 0. The Balaban J connectivity index is 1.39. The van der Waals surface area contributed by atoms with Crippen LogP contribution < -0.4 is 5.19 Å². The van der Waals surface area contributed by atoms with Gasteiger partial charge in [0.15, 0.2) is 0 Å². The van der Waals surface area contributed by atoms with Crippen molar-refractivity contribution in [2.45, 2.75) is 63.6 Å². The van der Waals surface area contributed by atoms with Gasteiger partial charge in [-0.15, -0.1) is 0 Å². The monoisotopic (exact) mass is 392 g/mol. The zero-order chi connectivity index (χ0) is 19.4. The lowest BCUT2D eigenvalue weighted by Gasteiger charge is -2.42. The van der Waals surface area contributed by atoms with E-state index in [1.54, 1.807) is 17.3 Å².